The van der Waals surface area contributed by atoms with Crippen LogP contribution in [-0.2, 0) is 0 Å². The van der Waals surface area contributed by atoms with E-state index in [4.69, 9.17) is 0 Å². The van der Waals surface area contributed by atoms with Crippen LogP contribution >= 0.6 is 0 Å². The molecule has 0 fully saturated rings. The third kappa shape index (κ3) is 2.13. The Morgan fingerprint density at radius 3 is 2.63 bits per heavy atom. The van der Waals surface area contributed by atoms with E-state index in [1.807, 2.05) is 24.3 Å². The fourth-order valence-corrected chi connectivity index (χ4v) is 1.88. The predicted molar refractivity (Wildman–Crippen MR) is 70.1 cm³/mol. The summed E-state index contributed by atoms with van der Waals surface area (Å²) in [5.74, 6) is -0.473. The number of amides is 1. The number of fused-ring (bicyclic) bond motifs is 1. The summed E-state index contributed by atoms with van der Waals surface area (Å²) in [4.78, 5) is 12.0. The fraction of sp³-hybridized carbons (Fsp3) is 0. The van der Waals surface area contributed by atoms with Gasteiger partial charge in [0.25, 0.3) is 5.91 Å². The highest BCUT2D eigenvalue weighted by atomic mass is 16.5. The van der Waals surface area contributed by atoms with Crippen molar-refractivity contribution in [3.05, 3.63) is 54.4 Å². The molecule has 94 valence electrons. The molecule has 0 atom stereocenters. The summed E-state index contributed by atoms with van der Waals surface area (Å²) in [6, 6.07) is 10.7. The summed E-state index contributed by atoms with van der Waals surface area (Å²) >= 11 is 0. The highest BCUT2D eigenvalue weighted by Gasteiger charge is 2.13. The van der Waals surface area contributed by atoms with Crippen molar-refractivity contribution >= 4 is 22.4 Å². The van der Waals surface area contributed by atoms with E-state index < -0.39 is 5.91 Å². The Kier molecular flexibility index (Phi) is 2.64. The topological polar surface area (TPSA) is 75.4 Å². The van der Waals surface area contributed by atoms with Crippen LogP contribution in [0.2, 0.25) is 0 Å². The lowest BCUT2D eigenvalue weighted by Crippen LogP contribution is -2.11. The minimum Gasteiger partial charge on any atom is -0.507 e. The zero-order valence-electron chi connectivity index (χ0n) is 9.83. The van der Waals surface area contributed by atoms with Crippen LogP contribution < -0.4 is 5.32 Å². The number of anilines is 1. The number of hydrogen-bond acceptors (Lipinski definition) is 4. The van der Waals surface area contributed by atoms with Crippen LogP contribution in [-0.4, -0.2) is 16.2 Å². The second-order valence-corrected chi connectivity index (χ2v) is 4.08. The van der Waals surface area contributed by atoms with Crippen molar-refractivity contribution in [2.45, 2.75) is 0 Å². The lowest BCUT2D eigenvalue weighted by atomic mass is 10.1. The SMILES string of the molecule is O=C(Nc1cnoc1)c1cc2ccccc2cc1O. The van der Waals surface area contributed by atoms with E-state index in [9.17, 15) is 9.90 Å². The molecule has 0 unspecified atom stereocenters. The number of carbonyl (C=O) groups is 1. The number of phenolic OH excluding ortho intramolecular Hbond substituents is 1. The zero-order valence-corrected chi connectivity index (χ0v) is 9.83. The number of phenols is 1. The standard InChI is InChI=1S/C14H10N2O3/c17-13-6-10-4-2-1-3-9(10)5-12(13)14(18)16-11-7-15-19-8-11/h1-8,17H,(H,16,18). The highest BCUT2D eigenvalue weighted by molar-refractivity contribution is 6.08. The quantitative estimate of drug-likeness (QED) is 0.737. The molecule has 0 aliphatic carbocycles. The van der Waals surface area contributed by atoms with Gasteiger partial charge in [-0.3, -0.25) is 4.79 Å². The van der Waals surface area contributed by atoms with Gasteiger partial charge in [0.15, 0.2) is 0 Å². The number of benzene rings is 2. The average Bonchev–Trinajstić information content (AvgIpc) is 2.90. The molecular formula is C14H10N2O3. The summed E-state index contributed by atoms with van der Waals surface area (Å²) in [7, 11) is 0. The lowest BCUT2D eigenvalue weighted by molar-refractivity contribution is 0.102. The van der Waals surface area contributed by atoms with Gasteiger partial charge in [-0.05, 0) is 22.9 Å². The molecule has 0 aliphatic rings. The highest BCUT2D eigenvalue weighted by Crippen LogP contribution is 2.25. The van der Waals surface area contributed by atoms with Crippen molar-refractivity contribution in [2.75, 3.05) is 5.32 Å². The van der Waals surface area contributed by atoms with Crippen molar-refractivity contribution in [3.63, 3.8) is 0 Å². The normalized spacial score (nSPS) is 10.5. The number of nitrogens with zero attached hydrogens (tertiary/aromatic N) is 1. The average molecular weight is 254 g/mol. The van der Waals surface area contributed by atoms with Gasteiger partial charge in [0.05, 0.1) is 11.8 Å². The summed E-state index contributed by atoms with van der Waals surface area (Å²) in [6.45, 7) is 0. The summed E-state index contributed by atoms with van der Waals surface area (Å²) in [5.41, 5.74) is 0.650. The Morgan fingerprint density at radius 2 is 1.95 bits per heavy atom. The van der Waals surface area contributed by atoms with E-state index in [1.54, 1.807) is 12.1 Å². The van der Waals surface area contributed by atoms with Gasteiger partial charge in [-0.2, -0.15) is 0 Å². The molecule has 2 N–H and O–H groups in total. The molecule has 1 aromatic heterocycles. The van der Waals surface area contributed by atoms with Crippen LogP contribution in [0.3, 0.4) is 0 Å². The number of aromatic nitrogens is 1. The number of rotatable bonds is 2. The van der Waals surface area contributed by atoms with Crippen molar-refractivity contribution in [1.29, 1.82) is 0 Å². The molecule has 5 heteroatoms. The van der Waals surface area contributed by atoms with Crippen molar-refractivity contribution in [3.8, 4) is 5.75 Å². The van der Waals surface area contributed by atoms with Gasteiger partial charge in [0, 0.05) is 0 Å². The number of hydrogen-bond donors (Lipinski definition) is 2. The van der Waals surface area contributed by atoms with Crippen LogP contribution in [0.5, 0.6) is 5.75 Å². The van der Waals surface area contributed by atoms with E-state index in [0.29, 0.717) is 5.69 Å². The first kappa shape index (κ1) is 11.3. The van der Waals surface area contributed by atoms with Crippen LogP contribution in [0, 0.1) is 0 Å². The van der Waals surface area contributed by atoms with Crippen LogP contribution in [0.1, 0.15) is 10.4 Å². The molecule has 1 heterocycles. The second-order valence-electron chi connectivity index (χ2n) is 4.08. The molecule has 0 saturated heterocycles. The van der Waals surface area contributed by atoms with Gasteiger partial charge in [-0.25, -0.2) is 0 Å². The molecule has 1 amide bonds. The zero-order chi connectivity index (χ0) is 13.2. The molecule has 0 aliphatic heterocycles. The van der Waals surface area contributed by atoms with Gasteiger partial charge in [0.2, 0.25) is 0 Å². The fourth-order valence-electron chi connectivity index (χ4n) is 1.88. The number of carbonyl (C=O) groups excluding carboxylic acids is 1. The molecule has 0 spiro atoms. The first-order valence-corrected chi connectivity index (χ1v) is 5.66. The van der Waals surface area contributed by atoms with Gasteiger partial charge in [-0.1, -0.05) is 29.4 Å². The van der Waals surface area contributed by atoms with Crippen molar-refractivity contribution in [1.82, 2.24) is 5.16 Å². The number of aromatic hydroxyl groups is 1. The minimum atomic E-state index is -0.411. The Bertz CT molecular complexity index is 736. The predicted octanol–water partition coefficient (Wildman–Crippen LogP) is 2.79. The van der Waals surface area contributed by atoms with Crippen LogP contribution in [0.15, 0.2) is 53.4 Å². The van der Waals surface area contributed by atoms with E-state index in [2.05, 4.69) is 15.0 Å². The maximum absolute atomic E-state index is 12.0. The van der Waals surface area contributed by atoms with E-state index >= 15 is 0 Å². The van der Waals surface area contributed by atoms with Crippen molar-refractivity contribution in [2.24, 2.45) is 0 Å². The molecule has 3 rings (SSSR count). The Morgan fingerprint density at radius 1 is 1.21 bits per heavy atom. The van der Waals surface area contributed by atoms with Crippen molar-refractivity contribution < 1.29 is 14.4 Å². The molecule has 0 bridgehead atoms. The molecule has 2 aromatic carbocycles. The Balaban J connectivity index is 1.99. The van der Waals surface area contributed by atoms with E-state index in [-0.39, 0.29) is 11.3 Å². The smallest absolute Gasteiger partial charge is 0.259 e. The Labute approximate surface area is 108 Å². The summed E-state index contributed by atoms with van der Waals surface area (Å²) < 4.78 is 4.62. The first-order chi connectivity index (χ1) is 9.24. The van der Waals surface area contributed by atoms with Gasteiger partial charge >= 0.3 is 0 Å². The molecule has 0 saturated carbocycles. The summed E-state index contributed by atoms with van der Waals surface area (Å²) in [5, 5.41) is 17.7. The maximum atomic E-state index is 12.0. The van der Waals surface area contributed by atoms with Crippen LogP contribution in [0.4, 0.5) is 5.69 Å². The third-order valence-corrected chi connectivity index (χ3v) is 2.80. The van der Waals surface area contributed by atoms with Gasteiger partial charge in [-0.15, -0.1) is 0 Å². The molecule has 19 heavy (non-hydrogen) atoms. The second kappa shape index (κ2) is 4.45. The largest absolute Gasteiger partial charge is 0.507 e. The third-order valence-electron chi connectivity index (χ3n) is 2.80. The lowest BCUT2D eigenvalue weighted by Gasteiger charge is -2.06. The van der Waals surface area contributed by atoms with E-state index in [1.165, 1.54) is 12.5 Å². The minimum absolute atomic E-state index is 0.0624. The van der Waals surface area contributed by atoms with E-state index in [0.717, 1.165) is 10.8 Å². The first-order valence-electron chi connectivity index (χ1n) is 5.66. The van der Waals surface area contributed by atoms with Gasteiger partial charge < -0.3 is 14.9 Å². The number of nitrogens with one attached hydrogen (secondary N) is 1. The van der Waals surface area contributed by atoms with Gasteiger partial charge in [0.1, 0.15) is 17.7 Å². The summed E-state index contributed by atoms with van der Waals surface area (Å²) in [6.07, 6.45) is 2.70. The molecule has 0 radical (unpaired) electrons. The maximum Gasteiger partial charge on any atom is 0.259 e. The Hall–Kier alpha value is -2.82. The monoisotopic (exact) mass is 254 g/mol. The van der Waals surface area contributed by atoms with Crippen LogP contribution in [0.25, 0.3) is 10.8 Å². The molecular weight excluding hydrogens is 244 g/mol. The molecule has 5 nitrogen and oxygen atoms in total. The molecule has 3 aromatic rings.